The van der Waals surface area contributed by atoms with Crippen LogP contribution in [0.25, 0.3) is 0 Å². The van der Waals surface area contributed by atoms with Crippen LogP contribution in [0.5, 0.6) is 0 Å². The molecule has 3 rings (SSSR count). The third-order valence-corrected chi connectivity index (χ3v) is 6.02. The van der Waals surface area contributed by atoms with Gasteiger partial charge in [0.05, 0.1) is 18.8 Å². The first-order valence-electron chi connectivity index (χ1n) is 10.3. The Kier molecular flexibility index (Phi) is 8.44. The molecule has 188 valence electrons. The van der Waals surface area contributed by atoms with Gasteiger partial charge in [0.2, 0.25) is 0 Å². The van der Waals surface area contributed by atoms with Crippen LogP contribution in [-0.4, -0.2) is 145 Å². The van der Waals surface area contributed by atoms with Crippen molar-refractivity contribution in [3.8, 4) is 0 Å². The molecule has 0 saturated carbocycles. The highest BCUT2D eigenvalue weighted by atomic mass is 16.7. The van der Waals surface area contributed by atoms with Crippen molar-refractivity contribution in [2.45, 2.75) is 106 Å². The first kappa shape index (κ1) is 26.1. The molecule has 0 amide bonds. The molecule has 0 aromatic carbocycles. The second kappa shape index (κ2) is 10.4. The zero-order chi connectivity index (χ0) is 23.9. The normalized spacial score (nSPS) is 55.0. The van der Waals surface area contributed by atoms with Gasteiger partial charge in [-0.25, -0.2) is 0 Å². The van der Waals surface area contributed by atoms with E-state index in [4.69, 9.17) is 23.7 Å². The molecule has 9 N–H and O–H groups in total. The van der Waals surface area contributed by atoms with Crippen molar-refractivity contribution >= 4 is 0 Å². The van der Waals surface area contributed by atoms with Crippen molar-refractivity contribution in [1.82, 2.24) is 0 Å². The second-order valence-corrected chi connectivity index (χ2v) is 8.30. The minimum atomic E-state index is -1.78. The molecule has 3 aliphatic heterocycles. The summed E-state index contributed by atoms with van der Waals surface area (Å²) in [6.07, 6.45) is -22.5. The van der Waals surface area contributed by atoms with Crippen molar-refractivity contribution in [3.05, 3.63) is 0 Å². The zero-order valence-corrected chi connectivity index (χ0v) is 17.4. The average Bonchev–Trinajstić information content (AvgIpc) is 2.75. The molecule has 0 spiro atoms. The number of aliphatic hydroxyl groups excluding tert-OH is 9. The van der Waals surface area contributed by atoms with Gasteiger partial charge in [0.1, 0.15) is 61.0 Å². The minimum Gasteiger partial charge on any atom is -0.394 e. The predicted octanol–water partition coefficient (Wildman–Crippen LogP) is -5.52. The molecule has 0 aliphatic carbocycles. The minimum absolute atomic E-state index is 0.704. The topological polar surface area (TPSA) is 228 Å². The van der Waals surface area contributed by atoms with Gasteiger partial charge >= 0.3 is 0 Å². The summed E-state index contributed by atoms with van der Waals surface area (Å²) in [4.78, 5) is 0. The largest absolute Gasteiger partial charge is 0.394 e. The van der Waals surface area contributed by atoms with E-state index in [0.717, 1.165) is 0 Å². The molecular formula is C18H32O14. The molecule has 3 heterocycles. The van der Waals surface area contributed by atoms with E-state index >= 15 is 0 Å². The fourth-order valence-electron chi connectivity index (χ4n) is 3.93. The van der Waals surface area contributed by atoms with Gasteiger partial charge < -0.3 is 69.6 Å². The zero-order valence-electron chi connectivity index (χ0n) is 17.4. The van der Waals surface area contributed by atoms with Crippen molar-refractivity contribution in [3.63, 3.8) is 0 Å². The summed E-state index contributed by atoms with van der Waals surface area (Å²) >= 11 is 0. The van der Waals surface area contributed by atoms with E-state index in [9.17, 15) is 46.0 Å². The van der Waals surface area contributed by atoms with Gasteiger partial charge in [0, 0.05) is 0 Å². The lowest BCUT2D eigenvalue weighted by atomic mass is 9.96. The van der Waals surface area contributed by atoms with Gasteiger partial charge in [0.25, 0.3) is 0 Å². The molecule has 3 fully saturated rings. The van der Waals surface area contributed by atoms with Crippen LogP contribution in [0, 0.1) is 0 Å². The molecule has 0 aromatic rings. The van der Waals surface area contributed by atoms with Crippen molar-refractivity contribution in [2.75, 3.05) is 6.61 Å². The molecule has 32 heavy (non-hydrogen) atoms. The summed E-state index contributed by atoms with van der Waals surface area (Å²) in [6, 6.07) is 0. The Bertz CT molecular complexity index is 608. The van der Waals surface area contributed by atoms with Crippen LogP contribution in [-0.2, 0) is 23.7 Å². The Balaban J connectivity index is 1.73. The Morgan fingerprint density at radius 3 is 1.75 bits per heavy atom. The lowest BCUT2D eigenvalue weighted by Crippen LogP contribution is -2.65. The number of aliphatic hydroxyl groups is 9. The van der Waals surface area contributed by atoms with Crippen molar-refractivity contribution in [2.24, 2.45) is 0 Å². The fourth-order valence-corrected chi connectivity index (χ4v) is 3.93. The maximum absolute atomic E-state index is 10.7. The van der Waals surface area contributed by atoms with Crippen LogP contribution in [0.1, 0.15) is 13.8 Å². The number of rotatable bonds is 5. The van der Waals surface area contributed by atoms with Crippen molar-refractivity contribution in [1.29, 1.82) is 0 Å². The molecule has 0 bridgehead atoms. The number of hydrogen-bond acceptors (Lipinski definition) is 14. The van der Waals surface area contributed by atoms with Crippen LogP contribution in [0.3, 0.4) is 0 Å². The SMILES string of the molecule is CC1O[C@@H](O)C(O[C@@H]2OC(C)[C@H](O)[C@H](O[C@H]3O[C@@H](CO)[C@@H](O)C(O)C3O)C2O)[C@@H](O)[C@H]1O. The van der Waals surface area contributed by atoms with Crippen LogP contribution in [0.2, 0.25) is 0 Å². The van der Waals surface area contributed by atoms with E-state index < -0.39 is 98.7 Å². The smallest absolute Gasteiger partial charge is 0.187 e. The highest BCUT2D eigenvalue weighted by Crippen LogP contribution is 2.31. The van der Waals surface area contributed by atoms with Gasteiger partial charge in [-0.3, -0.25) is 0 Å². The van der Waals surface area contributed by atoms with E-state index in [0.29, 0.717) is 0 Å². The Morgan fingerprint density at radius 1 is 0.562 bits per heavy atom. The molecule has 0 radical (unpaired) electrons. The summed E-state index contributed by atoms with van der Waals surface area (Å²) in [5.41, 5.74) is 0. The van der Waals surface area contributed by atoms with E-state index in [-0.39, 0.29) is 0 Å². The van der Waals surface area contributed by atoms with Crippen LogP contribution in [0.4, 0.5) is 0 Å². The summed E-state index contributed by atoms with van der Waals surface area (Å²) < 4.78 is 26.7. The first-order chi connectivity index (χ1) is 15.0. The highest BCUT2D eigenvalue weighted by molar-refractivity contribution is 4.95. The maximum Gasteiger partial charge on any atom is 0.187 e. The van der Waals surface area contributed by atoms with E-state index in [1.807, 2.05) is 0 Å². The van der Waals surface area contributed by atoms with E-state index in [1.54, 1.807) is 0 Å². The summed E-state index contributed by atoms with van der Waals surface area (Å²) in [7, 11) is 0. The molecule has 0 aromatic heterocycles. The average molecular weight is 472 g/mol. The quantitative estimate of drug-likeness (QED) is 0.182. The predicted molar refractivity (Wildman–Crippen MR) is 98.4 cm³/mol. The maximum atomic E-state index is 10.7. The molecule has 3 saturated heterocycles. The van der Waals surface area contributed by atoms with Crippen molar-refractivity contribution < 1.29 is 69.6 Å². The first-order valence-corrected chi connectivity index (χ1v) is 10.3. The lowest BCUT2D eigenvalue weighted by Gasteiger charge is -2.47. The van der Waals surface area contributed by atoms with Gasteiger partial charge in [0.15, 0.2) is 18.9 Å². The van der Waals surface area contributed by atoms with Gasteiger partial charge in [-0.2, -0.15) is 0 Å². The molecular weight excluding hydrogens is 440 g/mol. The van der Waals surface area contributed by atoms with Gasteiger partial charge in [-0.15, -0.1) is 0 Å². The molecule has 14 nitrogen and oxygen atoms in total. The van der Waals surface area contributed by atoms with Gasteiger partial charge in [-0.05, 0) is 13.8 Å². The monoisotopic (exact) mass is 472 g/mol. The second-order valence-electron chi connectivity index (χ2n) is 8.30. The third kappa shape index (κ3) is 4.94. The Hall–Kier alpha value is -0.560. The summed E-state index contributed by atoms with van der Waals surface area (Å²) in [5.74, 6) is 0. The molecule has 3 aliphatic rings. The van der Waals surface area contributed by atoms with Gasteiger partial charge in [-0.1, -0.05) is 0 Å². The van der Waals surface area contributed by atoms with Crippen LogP contribution in [0.15, 0.2) is 0 Å². The summed E-state index contributed by atoms with van der Waals surface area (Å²) in [6.45, 7) is 2.14. The fraction of sp³-hybridized carbons (Fsp3) is 1.00. The molecule has 14 heteroatoms. The molecule has 15 atom stereocenters. The summed E-state index contributed by atoms with van der Waals surface area (Å²) in [5, 5.41) is 90.7. The highest BCUT2D eigenvalue weighted by Gasteiger charge is 2.52. The van der Waals surface area contributed by atoms with Crippen LogP contribution >= 0.6 is 0 Å². The Morgan fingerprint density at radius 2 is 1.12 bits per heavy atom. The standard InChI is InChI=1S/C18H32O14/c1-4-7(20)11(24)15(16(27)28-4)32-18-13(26)14(8(21)5(2)29-18)31-17-12(25)10(23)9(22)6(3-19)30-17/h4-27H,3H2,1-2H3/t4?,5?,6-,7-,8-,9+,10?,11-,12?,13?,14-,15?,16+,17+,18-/m0/s1. The third-order valence-electron chi connectivity index (χ3n) is 6.02. The number of hydrogen-bond donors (Lipinski definition) is 9. The van der Waals surface area contributed by atoms with E-state index in [1.165, 1.54) is 13.8 Å². The molecule has 6 unspecified atom stereocenters. The number of ether oxygens (including phenoxy) is 5. The van der Waals surface area contributed by atoms with E-state index in [2.05, 4.69) is 0 Å². The lowest BCUT2D eigenvalue weighted by molar-refractivity contribution is -0.378. The Labute approximate surface area is 183 Å². The van der Waals surface area contributed by atoms with Crippen LogP contribution < -0.4 is 0 Å².